The summed E-state index contributed by atoms with van der Waals surface area (Å²) in [6.07, 6.45) is 2.29. The fourth-order valence-electron chi connectivity index (χ4n) is 3.25. The fraction of sp³-hybridized carbons (Fsp3) is 0.556. The number of likely N-dealkylation sites (tertiary alicyclic amines) is 1. The van der Waals surface area contributed by atoms with E-state index in [0.717, 1.165) is 32.0 Å². The van der Waals surface area contributed by atoms with E-state index >= 15 is 0 Å². The largest absolute Gasteiger partial charge is 0.359 e. The summed E-state index contributed by atoms with van der Waals surface area (Å²) < 4.78 is 27.1. The Balaban J connectivity index is 1.81. The third-order valence-corrected chi connectivity index (χ3v) is 6.38. The van der Waals surface area contributed by atoms with E-state index in [1.165, 1.54) is 18.2 Å². The Hall–Kier alpha value is -2.73. The standard InChI is InChI=1S/C18H28N6O5S/c1-19-17(25)12-14-6-10-23(11-7-14)18(20-2)21-8-9-22-30(28,29)16-5-3-4-15(13-16)24(26)27/h3-5,13-14,22H,6-12H2,1-2H3,(H,19,25)(H,20,21). The van der Waals surface area contributed by atoms with Crippen LogP contribution in [0.3, 0.4) is 0 Å². The summed E-state index contributed by atoms with van der Waals surface area (Å²) in [6, 6.07) is 4.91. The SMILES string of the molecule is CN=C(NCCNS(=O)(=O)c1cccc([N+](=O)[O-])c1)N1CCC(CC(=O)NC)CC1. The van der Waals surface area contributed by atoms with Crippen molar-refractivity contribution >= 4 is 27.6 Å². The highest BCUT2D eigenvalue weighted by atomic mass is 32.2. The molecule has 0 radical (unpaired) electrons. The molecule has 1 amide bonds. The predicted molar refractivity (Wildman–Crippen MR) is 113 cm³/mol. The monoisotopic (exact) mass is 440 g/mol. The van der Waals surface area contributed by atoms with E-state index in [-0.39, 0.29) is 23.0 Å². The van der Waals surface area contributed by atoms with Gasteiger partial charge in [-0.3, -0.25) is 19.9 Å². The Kier molecular flexibility index (Phi) is 8.54. The number of non-ortho nitro benzene ring substituents is 1. The number of nitro benzene ring substituents is 1. The average Bonchev–Trinajstić information content (AvgIpc) is 2.74. The molecule has 12 heteroatoms. The van der Waals surface area contributed by atoms with Crippen LogP contribution in [-0.4, -0.2) is 70.4 Å². The van der Waals surface area contributed by atoms with Crippen molar-refractivity contribution in [3.63, 3.8) is 0 Å². The summed E-state index contributed by atoms with van der Waals surface area (Å²) in [5.41, 5.74) is -0.281. The smallest absolute Gasteiger partial charge is 0.270 e. The van der Waals surface area contributed by atoms with E-state index in [4.69, 9.17) is 0 Å². The van der Waals surface area contributed by atoms with Gasteiger partial charge in [-0.2, -0.15) is 0 Å². The van der Waals surface area contributed by atoms with E-state index in [2.05, 4.69) is 25.2 Å². The zero-order valence-corrected chi connectivity index (χ0v) is 17.9. The van der Waals surface area contributed by atoms with Crippen LogP contribution >= 0.6 is 0 Å². The minimum absolute atomic E-state index is 0.0481. The molecule has 0 unspecified atom stereocenters. The maximum atomic E-state index is 12.3. The molecule has 1 aromatic rings. The van der Waals surface area contributed by atoms with Gasteiger partial charge in [-0.25, -0.2) is 13.1 Å². The van der Waals surface area contributed by atoms with Crippen LogP contribution in [0.4, 0.5) is 5.69 Å². The third-order valence-electron chi connectivity index (χ3n) is 4.92. The molecule has 11 nitrogen and oxygen atoms in total. The second-order valence-electron chi connectivity index (χ2n) is 6.93. The summed E-state index contributed by atoms with van der Waals surface area (Å²) in [6.45, 7) is 1.93. The summed E-state index contributed by atoms with van der Waals surface area (Å²) in [5, 5.41) is 16.6. The number of sulfonamides is 1. The average molecular weight is 441 g/mol. The Morgan fingerprint density at radius 3 is 2.60 bits per heavy atom. The van der Waals surface area contributed by atoms with E-state index in [1.54, 1.807) is 14.1 Å². The second-order valence-corrected chi connectivity index (χ2v) is 8.70. The molecule has 1 aromatic carbocycles. The van der Waals surface area contributed by atoms with Crippen LogP contribution in [-0.2, 0) is 14.8 Å². The highest BCUT2D eigenvalue weighted by molar-refractivity contribution is 7.89. The second kappa shape index (κ2) is 10.9. The predicted octanol–water partition coefficient (Wildman–Crippen LogP) is 0.297. The molecule has 30 heavy (non-hydrogen) atoms. The van der Waals surface area contributed by atoms with Gasteiger partial charge in [0.25, 0.3) is 5.69 Å². The van der Waals surface area contributed by atoms with E-state index in [1.807, 2.05) is 0 Å². The first-order chi connectivity index (χ1) is 14.3. The van der Waals surface area contributed by atoms with E-state index in [9.17, 15) is 23.3 Å². The van der Waals surface area contributed by atoms with Gasteiger partial charge in [-0.15, -0.1) is 0 Å². The lowest BCUT2D eigenvalue weighted by molar-refractivity contribution is -0.385. The van der Waals surface area contributed by atoms with Gasteiger partial charge in [-0.1, -0.05) is 6.07 Å². The molecule has 166 valence electrons. The van der Waals surface area contributed by atoms with Crippen molar-refractivity contribution in [2.75, 3.05) is 40.3 Å². The summed E-state index contributed by atoms with van der Waals surface area (Å²) in [5.74, 6) is 1.07. The van der Waals surface area contributed by atoms with Crippen LogP contribution in [0, 0.1) is 16.0 Å². The highest BCUT2D eigenvalue weighted by Crippen LogP contribution is 2.20. The molecular weight excluding hydrogens is 412 g/mol. The molecule has 1 aliphatic heterocycles. The van der Waals surface area contributed by atoms with Crippen molar-refractivity contribution in [1.82, 2.24) is 20.3 Å². The number of nitrogens with one attached hydrogen (secondary N) is 3. The minimum Gasteiger partial charge on any atom is -0.359 e. The lowest BCUT2D eigenvalue weighted by atomic mass is 9.93. The van der Waals surface area contributed by atoms with Crippen LogP contribution in [0.1, 0.15) is 19.3 Å². The molecule has 0 aliphatic carbocycles. The molecular formula is C18H28N6O5S. The molecule has 0 aromatic heterocycles. The molecule has 0 atom stereocenters. The summed E-state index contributed by atoms with van der Waals surface area (Å²) >= 11 is 0. The zero-order valence-electron chi connectivity index (χ0n) is 17.1. The van der Waals surface area contributed by atoms with Gasteiger partial charge >= 0.3 is 0 Å². The number of rotatable bonds is 8. The summed E-state index contributed by atoms with van der Waals surface area (Å²) in [7, 11) is -0.559. The van der Waals surface area contributed by atoms with Gasteiger partial charge in [-0.05, 0) is 24.8 Å². The van der Waals surface area contributed by atoms with Crippen LogP contribution in [0.2, 0.25) is 0 Å². The number of nitrogens with zero attached hydrogens (tertiary/aromatic N) is 3. The lowest BCUT2D eigenvalue weighted by Crippen LogP contribution is -2.47. The van der Waals surface area contributed by atoms with Crippen molar-refractivity contribution in [1.29, 1.82) is 0 Å². The van der Waals surface area contributed by atoms with Gasteiger partial charge in [0.15, 0.2) is 5.96 Å². The van der Waals surface area contributed by atoms with Crippen LogP contribution in [0.5, 0.6) is 0 Å². The van der Waals surface area contributed by atoms with Crippen LogP contribution in [0.15, 0.2) is 34.2 Å². The number of hydrogen-bond acceptors (Lipinski definition) is 6. The highest BCUT2D eigenvalue weighted by Gasteiger charge is 2.23. The molecule has 1 heterocycles. The topological polar surface area (TPSA) is 146 Å². The van der Waals surface area contributed by atoms with Crippen LogP contribution in [0.25, 0.3) is 0 Å². The van der Waals surface area contributed by atoms with E-state index in [0.29, 0.717) is 24.8 Å². The van der Waals surface area contributed by atoms with Crippen molar-refractivity contribution < 1.29 is 18.1 Å². The van der Waals surface area contributed by atoms with Crippen molar-refractivity contribution in [3.05, 3.63) is 34.4 Å². The normalized spacial score (nSPS) is 15.7. The first-order valence-corrected chi connectivity index (χ1v) is 11.2. The molecule has 2 rings (SSSR count). The Morgan fingerprint density at radius 2 is 2.00 bits per heavy atom. The number of guanidine groups is 1. The first kappa shape index (κ1) is 23.5. The third kappa shape index (κ3) is 6.66. The van der Waals surface area contributed by atoms with Crippen molar-refractivity contribution in [3.8, 4) is 0 Å². The molecule has 0 saturated carbocycles. The lowest BCUT2D eigenvalue weighted by Gasteiger charge is -2.34. The zero-order chi connectivity index (χ0) is 22.1. The van der Waals surface area contributed by atoms with Gasteiger partial charge < -0.3 is 15.5 Å². The molecule has 1 fully saturated rings. The Morgan fingerprint density at radius 1 is 1.30 bits per heavy atom. The quantitative estimate of drug-likeness (QED) is 0.173. The van der Waals surface area contributed by atoms with Gasteiger partial charge in [0, 0.05) is 58.8 Å². The van der Waals surface area contributed by atoms with Gasteiger partial charge in [0.05, 0.1) is 9.82 Å². The van der Waals surface area contributed by atoms with Crippen molar-refractivity contribution in [2.24, 2.45) is 10.9 Å². The Bertz CT molecular complexity index is 881. The Labute approximate surface area is 176 Å². The van der Waals surface area contributed by atoms with Gasteiger partial charge in [0.1, 0.15) is 0 Å². The van der Waals surface area contributed by atoms with Gasteiger partial charge in [0.2, 0.25) is 15.9 Å². The molecule has 0 spiro atoms. The number of carbonyl (C=O) groups excluding carboxylic acids is 1. The maximum Gasteiger partial charge on any atom is 0.270 e. The minimum atomic E-state index is -3.85. The molecule has 1 saturated heterocycles. The number of amides is 1. The number of piperidine rings is 1. The van der Waals surface area contributed by atoms with E-state index < -0.39 is 14.9 Å². The number of aliphatic imine (C=N–C) groups is 1. The number of carbonyl (C=O) groups is 1. The fourth-order valence-corrected chi connectivity index (χ4v) is 4.32. The number of hydrogen-bond donors (Lipinski definition) is 3. The molecule has 1 aliphatic rings. The maximum absolute atomic E-state index is 12.3. The summed E-state index contributed by atoms with van der Waals surface area (Å²) in [4.78, 5) is 27.9. The number of nitro groups is 1. The van der Waals surface area contributed by atoms with Crippen molar-refractivity contribution in [2.45, 2.75) is 24.2 Å². The molecule has 3 N–H and O–H groups in total. The first-order valence-electron chi connectivity index (χ1n) is 9.67. The molecule has 0 bridgehead atoms. The van der Waals surface area contributed by atoms with Crippen LogP contribution < -0.4 is 15.4 Å². The number of benzene rings is 1.